The van der Waals surface area contributed by atoms with Crippen molar-refractivity contribution in [3.05, 3.63) is 92.0 Å². The lowest BCUT2D eigenvalue weighted by molar-refractivity contribution is -0.137. The Labute approximate surface area is 182 Å². The van der Waals surface area contributed by atoms with Crippen molar-refractivity contribution in [3.8, 4) is 10.6 Å². The van der Waals surface area contributed by atoms with Crippen LogP contribution in [0.15, 0.2) is 64.9 Å². The fraction of sp³-hybridized carbons (Fsp3) is 0.0952. The van der Waals surface area contributed by atoms with Crippen molar-refractivity contribution in [1.82, 2.24) is 9.97 Å². The van der Waals surface area contributed by atoms with E-state index in [-0.39, 0.29) is 17.1 Å². The molecule has 0 saturated carbocycles. The number of thiophene rings is 1. The summed E-state index contributed by atoms with van der Waals surface area (Å²) in [6.45, 7) is 0. The Morgan fingerprint density at radius 3 is 2.68 bits per heavy atom. The summed E-state index contributed by atoms with van der Waals surface area (Å²) in [5.74, 6) is -0.612. The largest absolute Gasteiger partial charge is 0.416 e. The maximum atomic E-state index is 12.9. The maximum absolute atomic E-state index is 12.9. The fourth-order valence-corrected chi connectivity index (χ4v) is 4.45. The number of aromatic nitrogens is 2. The third-order valence-corrected chi connectivity index (χ3v) is 6.16. The first kappa shape index (κ1) is 21.0. The molecule has 1 amide bonds. The third-order valence-electron chi connectivity index (χ3n) is 4.35. The minimum atomic E-state index is -4.41. The number of thiazole rings is 1. The van der Waals surface area contributed by atoms with E-state index < -0.39 is 23.2 Å². The molecule has 4 aromatic rings. The minimum absolute atomic E-state index is 0.0602. The third kappa shape index (κ3) is 4.92. The molecule has 0 bridgehead atoms. The number of nitrogens with one attached hydrogen (secondary N) is 2. The van der Waals surface area contributed by atoms with E-state index in [1.807, 2.05) is 17.5 Å². The number of anilines is 1. The van der Waals surface area contributed by atoms with Crippen LogP contribution in [0.25, 0.3) is 10.6 Å². The number of benzene rings is 1. The molecule has 0 radical (unpaired) electrons. The first-order valence-corrected chi connectivity index (χ1v) is 10.7. The Bertz CT molecular complexity index is 1280. The molecular weight excluding hydrogens is 447 g/mol. The number of halogens is 3. The molecule has 0 aliphatic heterocycles. The van der Waals surface area contributed by atoms with Crippen molar-refractivity contribution in [2.45, 2.75) is 12.6 Å². The van der Waals surface area contributed by atoms with E-state index in [2.05, 4.69) is 15.3 Å². The van der Waals surface area contributed by atoms with Gasteiger partial charge in [-0.2, -0.15) is 13.2 Å². The molecule has 5 nitrogen and oxygen atoms in total. The van der Waals surface area contributed by atoms with Crippen molar-refractivity contribution in [2.75, 3.05) is 5.32 Å². The van der Waals surface area contributed by atoms with Gasteiger partial charge in [0, 0.05) is 17.5 Å². The van der Waals surface area contributed by atoms with Gasteiger partial charge in [0.25, 0.3) is 11.5 Å². The van der Waals surface area contributed by atoms with Gasteiger partial charge in [0.15, 0.2) is 5.13 Å². The Morgan fingerprint density at radius 1 is 1.13 bits per heavy atom. The molecule has 0 aliphatic rings. The number of nitrogens with zero attached hydrogens (tertiary/aromatic N) is 1. The van der Waals surface area contributed by atoms with Crippen LogP contribution in [-0.4, -0.2) is 15.9 Å². The van der Waals surface area contributed by atoms with Crippen LogP contribution in [0.3, 0.4) is 0 Å². The number of aromatic amines is 1. The van der Waals surface area contributed by atoms with Crippen molar-refractivity contribution >= 4 is 33.7 Å². The number of pyridine rings is 1. The Balaban J connectivity index is 1.46. The predicted octanol–water partition coefficient (Wildman–Crippen LogP) is 5.42. The highest BCUT2D eigenvalue weighted by Crippen LogP contribution is 2.30. The second kappa shape index (κ2) is 8.48. The second-order valence-electron chi connectivity index (χ2n) is 6.55. The zero-order chi connectivity index (χ0) is 22.0. The lowest BCUT2D eigenvalue weighted by atomic mass is 10.1. The number of rotatable bonds is 5. The lowest BCUT2D eigenvalue weighted by Crippen LogP contribution is -2.23. The summed E-state index contributed by atoms with van der Waals surface area (Å²) in [5, 5.41) is 4.71. The highest BCUT2D eigenvalue weighted by atomic mass is 32.1. The van der Waals surface area contributed by atoms with Crippen molar-refractivity contribution < 1.29 is 18.0 Å². The number of amides is 1. The number of alkyl halides is 3. The Morgan fingerprint density at radius 2 is 1.97 bits per heavy atom. The van der Waals surface area contributed by atoms with Gasteiger partial charge in [-0.1, -0.05) is 24.3 Å². The van der Waals surface area contributed by atoms with E-state index in [4.69, 9.17) is 0 Å². The van der Waals surface area contributed by atoms with Gasteiger partial charge in [0.1, 0.15) is 5.56 Å². The normalized spacial score (nSPS) is 11.5. The van der Waals surface area contributed by atoms with Gasteiger partial charge < -0.3 is 4.98 Å². The number of carbonyl (C=O) groups excluding carboxylic acids is 1. The van der Waals surface area contributed by atoms with Crippen LogP contribution in [0.2, 0.25) is 0 Å². The molecule has 0 spiro atoms. The molecule has 31 heavy (non-hydrogen) atoms. The molecule has 0 unspecified atom stereocenters. The summed E-state index contributed by atoms with van der Waals surface area (Å²) in [6.07, 6.45) is -2.67. The van der Waals surface area contributed by atoms with Crippen LogP contribution in [-0.2, 0) is 12.6 Å². The highest BCUT2D eigenvalue weighted by molar-refractivity contribution is 7.15. The van der Waals surface area contributed by atoms with E-state index in [1.54, 1.807) is 12.1 Å². The van der Waals surface area contributed by atoms with E-state index in [1.165, 1.54) is 29.7 Å². The summed E-state index contributed by atoms with van der Waals surface area (Å²) in [7, 11) is 0. The molecule has 3 aromatic heterocycles. The van der Waals surface area contributed by atoms with Crippen LogP contribution in [0, 0.1) is 0 Å². The number of H-pyrrole nitrogens is 1. The number of carbonyl (C=O) groups is 1. The van der Waals surface area contributed by atoms with Gasteiger partial charge in [0.05, 0.1) is 16.1 Å². The monoisotopic (exact) mass is 461 g/mol. The Hall–Kier alpha value is -3.24. The summed E-state index contributed by atoms with van der Waals surface area (Å²) in [4.78, 5) is 33.1. The lowest BCUT2D eigenvalue weighted by Gasteiger charge is -2.07. The summed E-state index contributed by atoms with van der Waals surface area (Å²) in [5.41, 5.74) is -0.196. The van der Waals surface area contributed by atoms with Gasteiger partial charge in [0.2, 0.25) is 0 Å². The van der Waals surface area contributed by atoms with Gasteiger partial charge >= 0.3 is 6.18 Å². The molecule has 10 heteroatoms. The van der Waals surface area contributed by atoms with Crippen molar-refractivity contribution in [1.29, 1.82) is 0 Å². The molecule has 0 saturated heterocycles. The van der Waals surface area contributed by atoms with E-state index in [0.29, 0.717) is 16.1 Å². The van der Waals surface area contributed by atoms with E-state index >= 15 is 0 Å². The first-order valence-electron chi connectivity index (χ1n) is 8.99. The average Bonchev–Trinajstić information content (AvgIpc) is 3.40. The quantitative estimate of drug-likeness (QED) is 0.417. The van der Waals surface area contributed by atoms with E-state index in [0.717, 1.165) is 28.3 Å². The van der Waals surface area contributed by atoms with Crippen LogP contribution in [0.4, 0.5) is 18.3 Å². The standard InChI is InChI=1S/C21H14F3N3O2S2/c22-21(23,24)13-4-1-3-12(9-13)10-14-11-25-20(31-14)27-19(29)15-6-7-16(26-18(15)28)17-5-2-8-30-17/h1-9,11H,10H2,(H,26,28)(H,25,27,29). The molecule has 4 rings (SSSR count). The smallest absolute Gasteiger partial charge is 0.321 e. The summed E-state index contributed by atoms with van der Waals surface area (Å²) >= 11 is 2.60. The Kier molecular flexibility index (Phi) is 5.75. The van der Waals surface area contributed by atoms with E-state index in [9.17, 15) is 22.8 Å². The molecule has 0 atom stereocenters. The molecule has 1 aromatic carbocycles. The summed E-state index contributed by atoms with van der Waals surface area (Å²) < 4.78 is 38.6. The maximum Gasteiger partial charge on any atom is 0.416 e. The zero-order valence-electron chi connectivity index (χ0n) is 15.7. The number of hydrogen-bond acceptors (Lipinski definition) is 5. The predicted molar refractivity (Wildman–Crippen MR) is 115 cm³/mol. The zero-order valence-corrected chi connectivity index (χ0v) is 17.3. The molecular formula is C21H14F3N3O2S2. The molecule has 0 aliphatic carbocycles. The molecule has 2 N–H and O–H groups in total. The van der Waals surface area contributed by atoms with Crippen LogP contribution >= 0.6 is 22.7 Å². The van der Waals surface area contributed by atoms with Gasteiger partial charge in [-0.25, -0.2) is 4.98 Å². The fourth-order valence-electron chi connectivity index (χ4n) is 2.90. The first-order chi connectivity index (χ1) is 14.8. The van der Waals surface area contributed by atoms with Crippen molar-refractivity contribution in [3.63, 3.8) is 0 Å². The SMILES string of the molecule is O=C(Nc1ncc(Cc2cccc(C(F)(F)F)c2)s1)c1ccc(-c2cccs2)[nH]c1=O. The highest BCUT2D eigenvalue weighted by Gasteiger charge is 2.30. The van der Waals surface area contributed by atoms with Crippen LogP contribution < -0.4 is 10.9 Å². The molecule has 158 valence electrons. The minimum Gasteiger partial charge on any atom is -0.321 e. The van der Waals surface area contributed by atoms with Gasteiger partial charge in [-0.05, 0) is 35.2 Å². The number of hydrogen-bond donors (Lipinski definition) is 2. The molecule has 3 heterocycles. The van der Waals surface area contributed by atoms with Crippen LogP contribution in [0.5, 0.6) is 0 Å². The summed E-state index contributed by atoms with van der Waals surface area (Å²) in [6, 6.07) is 11.9. The van der Waals surface area contributed by atoms with Crippen molar-refractivity contribution in [2.24, 2.45) is 0 Å². The average molecular weight is 461 g/mol. The second-order valence-corrected chi connectivity index (χ2v) is 8.62. The van der Waals surface area contributed by atoms with Gasteiger partial charge in [-0.3, -0.25) is 14.9 Å². The molecule has 0 fully saturated rings. The topological polar surface area (TPSA) is 74.8 Å². The van der Waals surface area contributed by atoms with Crippen LogP contribution in [0.1, 0.15) is 26.4 Å². The van der Waals surface area contributed by atoms with Gasteiger partial charge in [-0.15, -0.1) is 22.7 Å².